The van der Waals surface area contributed by atoms with Crippen molar-refractivity contribution in [3.05, 3.63) is 54.6 Å². The Hall–Kier alpha value is -3.03. The normalized spacial score (nSPS) is 11.5. The van der Waals surface area contributed by atoms with Crippen molar-refractivity contribution >= 4 is 17.2 Å². The third-order valence-electron chi connectivity index (χ3n) is 3.38. The number of benzene rings is 1. The number of hydrogen-bond acceptors (Lipinski definition) is 4. The number of alkyl halides is 3. The molecular weight excluding hydrogens is 319 g/mol. The lowest BCUT2D eigenvalue weighted by Crippen LogP contribution is -2.06. The summed E-state index contributed by atoms with van der Waals surface area (Å²) in [6.07, 6.45) is -0.148. The Labute approximate surface area is 136 Å². The van der Waals surface area contributed by atoms with E-state index in [1.54, 1.807) is 29.1 Å². The van der Waals surface area contributed by atoms with Crippen LogP contribution in [0.2, 0.25) is 0 Å². The summed E-state index contributed by atoms with van der Waals surface area (Å²) in [4.78, 5) is 8.09. The average molecular weight is 333 g/mol. The van der Waals surface area contributed by atoms with Crippen LogP contribution in [0.15, 0.2) is 49.1 Å². The maximum Gasteiger partial charge on any atom is 0.417 e. The Morgan fingerprint density at radius 3 is 2.50 bits per heavy atom. The molecule has 0 saturated carbocycles. The molecule has 0 unspecified atom stereocenters. The van der Waals surface area contributed by atoms with Crippen LogP contribution in [-0.4, -0.2) is 14.5 Å². The van der Waals surface area contributed by atoms with Crippen molar-refractivity contribution in [3.8, 4) is 11.3 Å². The van der Waals surface area contributed by atoms with Crippen LogP contribution in [0.1, 0.15) is 5.56 Å². The van der Waals surface area contributed by atoms with Gasteiger partial charge in [-0.2, -0.15) is 13.2 Å². The molecule has 3 aromatic rings. The van der Waals surface area contributed by atoms with Gasteiger partial charge in [-0.1, -0.05) is 0 Å². The van der Waals surface area contributed by atoms with Gasteiger partial charge >= 0.3 is 6.18 Å². The Kier molecular flexibility index (Phi) is 3.88. The minimum Gasteiger partial charge on any atom is -0.399 e. The molecule has 5 nitrogen and oxygen atoms in total. The summed E-state index contributed by atoms with van der Waals surface area (Å²) >= 11 is 0. The molecule has 1 aromatic carbocycles. The average Bonchev–Trinajstić information content (AvgIpc) is 2.95. The monoisotopic (exact) mass is 333 g/mol. The second-order valence-corrected chi connectivity index (χ2v) is 5.28. The number of aromatic nitrogens is 3. The number of anilines is 3. The zero-order valence-electron chi connectivity index (χ0n) is 12.7. The fourth-order valence-corrected chi connectivity index (χ4v) is 2.21. The SMILES string of the molecule is Cn1cnc(-c2cc(N)ccc2Nc2ccc(C(F)(F)F)cn2)c1. The molecule has 0 atom stereocenters. The molecule has 0 fully saturated rings. The second-order valence-electron chi connectivity index (χ2n) is 5.28. The fraction of sp³-hybridized carbons (Fsp3) is 0.125. The molecule has 0 radical (unpaired) electrons. The number of imidazole rings is 1. The van der Waals surface area contributed by atoms with E-state index < -0.39 is 11.7 Å². The van der Waals surface area contributed by atoms with Crippen LogP contribution in [0, 0.1) is 0 Å². The maximum absolute atomic E-state index is 12.6. The van der Waals surface area contributed by atoms with E-state index in [1.165, 1.54) is 6.07 Å². The van der Waals surface area contributed by atoms with Crippen molar-refractivity contribution in [2.45, 2.75) is 6.18 Å². The van der Waals surface area contributed by atoms with Crippen molar-refractivity contribution in [3.63, 3.8) is 0 Å². The summed E-state index contributed by atoms with van der Waals surface area (Å²) in [5.74, 6) is 0.296. The first kappa shape index (κ1) is 15.9. The van der Waals surface area contributed by atoms with Crippen LogP contribution in [0.5, 0.6) is 0 Å². The lowest BCUT2D eigenvalue weighted by molar-refractivity contribution is -0.137. The molecule has 0 spiro atoms. The highest BCUT2D eigenvalue weighted by Gasteiger charge is 2.30. The van der Waals surface area contributed by atoms with Gasteiger partial charge in [0.15, 0.2) is 0 Å². The highest BCUT2D eigenvalue weighted by Crippen LogP contribution is 2.32. The first-order chi connectivity index (χ1) is 11.3. The Morgan fingerprint density at radius 2 is 1.92 bits per heavy atom. The quantitative estimate of drug-likeness (QED) is 0.715. The van der Waals surface area contributed by atoms with Crippen LogP contribution in [-0.2, 0) is 13.2 Å². The van der Waals surface area contributed by atoms with Gasteiger partial charge in [-0.05, 0) is 30.3 Å². The van der Waals surface area contributed by atoms with Gasteiger partial charge in [0.05, 0.1) is 17.6 Å². The molecule has 0 aliphatic rings. The number of aryl methyl sites for hydroxylation is 1. The number of rotatable bonds is 3. The molecule has 0 aliphatic carbocycles. The van der Waals surface area contributed by atoms with Crippen LogP contribution >= 0.6 is 0 Å². The van der Waals surface area contributed by atoms with Gasteiger partial charge in [0.2, 0.25) is 0 Å². The van der Waals surface area contributed by atoms with Crippen molar-refractivity contribution in [2.24, 2.45) is 7.05 Å². The summed E-state index contributed by atoms with van der Waals surface area (Å²) in [6, 6.07) is 7.43. The van der Waals surface area contributed by atoms with E-state index in [1.807, 2.05) is 13.2 Å². The van der Waals surface area contributed by atoms with E-state index in [0.29, 0.717) is 22.9 Å². The fourth-order valence-electron chi connectivity index (χ4n) is 2.21. The van der Waals surface area contributed by atoms with E-state index in [-0.39, 0.29) is 0 Å². The Morgan fingerprint density at radius 1 is 1.12 bits per heavy atom. The van der Waals surface area contributed by atoms with Gasteiger partial charge in [0.25, 0.3) is 0 Å². The van der Waals surface area contributed by atoms with E-state index in [9.17, 15) is 13.2 Å². The summed E-state index contributed by atoms with van der Waals surface area (Å²) in [7, 11) is 1.84. The Bertz CT molecular complexity index is 853. The summed E-state index contributed by atoms with van der Waals surface area (Å²) in [6.45, 7) is 0. The van der Waals surface area contributed by atoms with Crippen molar-refractivity contribution in [1.29, 1.82) is 0 Å². The van der Waals surface area contributed by atoms with Crippen LogP contribution in [0.3, 0.4) is 0 Å². The minimum absolute atomic E-state index is 0.296. The number of nitrogens with one attached hydrogen (secondary N) is 1. The zero-order chi connectivity index (χ0) is 17.3. The predicted molar refractivity (Wildman–Crippen MR) is 85.6 cm³/mol. The van der Waals surface area contributed by atoms with Gasteiger partial charge < -0.3 is 15.6 Å². The molecule has 24 heavy (non-hydrogen) atoms. The molecule has 8 heteroatoms. The standard InChI is InChI=1S/C16H14F3N5/c1-24-8-14(22-9-24)12-6-11(20)3-4-13(12)23-15-5-2-10(7-21-15)16(17,18)19/h2-9H,20H2,1H3,(H,21,23). The van der Waals surface area contributed by atoms with E-state index in [2.05, 4.69) is 15.3 Å². The first-order valence-electron chi connectivity index (χ1n) is 7.01. The highest BCUT2D eigenvalue weighted by molar-refractivity contribution is 5.80. The van der Waals surface area contributed by atoms with Gasteiger partial charge in [-0.3, -0.25) is 0 Å². The van der Waals surface area contributed by atoms with Crippen molar-refractivity contribution < 1.29 is 13.2 Å². The Balaban J connectivity index is 1.93. The highest BCUT2D eigenvalue weighted by atomic mass is 19.4. The second kappa shape index (κ2) is 5.88. The molecular formula is C16H14F3N5. The molecule has 124 valence electrons. The van der Waals surface area contributed by atoms with E-state index in [4.69, 9.17) is 5.73 Å². The van der Waals surface area contributed by atoms with Crippen LogP contribution in [0.4, 0.5) is 30.4 Å². The summed E-state index contributed by atoms with van der Waals surface area (Å²) in [5.41, 5.74) is 7.67. The van der Waals surface area contributed by atoms with Crippen molar-refractivity contribution in [2.75, 3.05) is 11.1 Å². The first-order valence-corrected chi connectivity index (χ1v) is 7.01. The third kappa shape index (κ3) is 3.32. The van der Waals surface area contributed by atoms with Gasteiger partial charge in [-0.25, -0.2) is 9.97 Å². The molecule has 0 bridgehead atoms. The smallest absolute Gasteiger partial charge is 0.399 e. The molecule has 0 saturated heterocycles. The van der Waals surface area contributed by atoms with E-state index in [0.717, 1.165) is 17.8 Å². The topological polar surface area (TPSA) is 68.8 Å². The molecule has 0 aliphatic heterocycles. The van der Waals surface area contributed by atoms with Gasteiger partial charge in [-0.15, -0.1) is 0 Å². The summed E-state index contributed by atoms with van der Waals surface area (Å²) in [5, 5.41) is 3.00. The number of halogens is 3. The summed E-state index contributed by atoms with van der Waals surface area (Å²) < 4.78 is 39.6. The lowest BCUT2D eigenvalue weighted by Gasteiger charge is -2.12. The number of nitrogens with zero attached hydrogens (tertiary/aromatic N) is 3. The minimum atomic E-state index is -4.41. The number of pyridine rings is 1. The van der Waals surface area contributed by atoms with Crippen LogP contribution < -0.4 is 11.1 Å². The maximum atomic E-state index is 12.6. The van der Waals surface area contributed by atoms with Crippen LogP contribution in [0.25, 0.3) is 11.3 Å². The molecule has 3 rings (SSSR count). The third-order valence-corrected chi connectivity index (χ3v) is 3.38. The zero-order valence-corrected chi connectivity index (χ0v) is 12.7. The van der Waals surface area contributed by atoms with Gasteiger partial charge in [0.1, 0.15) is 5.82 Å². The predicted octanol–water partition coefficient (Wildman–Crippen LogP) is 3.83. The number of nitrogens with two attached hydrogens (primary N) is 1. The number of hydrogen-bond donors (Lipinski definition) is 2. The lowest BCUT2D eigenvalue weighted by atomic mass is 10.1. The number of nitrogen functional groups attached to an aromatic ring is 1. The van der Waals surface area contributed by atoms with E-state index >= 15 is 0 Å². The van der Waals surface area contributed by atoms with Gasteiger partial charge in [0, 0.05) is 36.4 Å². The largest absolute Gasteiger partial charge is 0.417 e. The molecule has 2 aromatic heterocycles. The molecule has 0 amide bonds. The van der Waals surface area contributed by atoms with Crippen molar-refractivity contribution in [1.82, 2.24) is 14.5 Å². The molecule has 3 N–H and O–H groups in total. The molecule has 2 heterocycles.